The van der Waals surface area contributed by atoms with Gasteiger partial charge in [-0.25, -0.2) is 0 Å². The highest BCUT2D eigenvalue weighted by Crippen LogP contribution is 2.51. The Bertz CT molecular complexity index is 339. The van der Waals surface area contributed by atoms with E-state index in [0.717, 1.165) is 19.3 Å². The van der Waals surface area contributed by atoms with Crippen molar-refractivity contribution in [2.45, 2.75) is 59.0 Å². The van der Waals surface area contributed by atoms with Gasteiger partial charge in [0.1, 0.15) is 0 Å². The van der Waals surface area contributed by atoms with Gasteiger partial charge in [-0.05, 0) is 62.9 Å². The standard InChI is InChI=1S/C15H24O/c1-10(2)12-5-7-15(4)8-6-14(16)11(3)13(15)9-12/h12,14,16H,1,5-9H2,2-4H3/t12-,14-,15+/m1/s1. The molecule has 2 aliphatic rings. The first kappa shape index (κ1) is 11.9. The van der Waals surface area contributed by atoms with E-state index in [1.54, 1.807) is 0 Å². The number of hydrogen-bond donors (Lipinski definition) is 1. The predicted octanol–water partition coefficient (Wildman–Crippen LogP) is 3.84. The zero-order valence-electron chi connectivity index (χ0n) is 10.8. The van der Waals surface area contributed by atoms with Crippen molar-refractivity contribution in [3.05, 3.63) is 23.3 Å². The zero-order valence-corrected chi connectivity index (χ0v) is 10.8. The molecule has 1 heteroatoms. The predicted molar refractivity (Wildman–Crippen MR) is 68.2 cm³/mol. The number of fused-ring (bicyclic) bond motifs is 1. The summed E-state index contributed by atoms with van der Waals surface area (Å²) in [6.45, 7) is 10.7. The van der Waals surface area contributed by atoms with Gasteiger partial charge in [0.25, 0.3) is 0 Å². The molecule has 0 spiro atoms. The Morgan fingerprint density at radius 2 is 2.00 bits per heavy atom. The Labute approximate surface area is 99.3 Å². The molecule has 0 amide bonds. The van der Waals surface area contributed by atoms with Crippen molar-refractivity contribution in [2.75, 3.05) is 0 Å². The van der Waals surface area contributed by atoms with Crippen LogP contribution in [0.5, 0.6) is 0 Å². The molecule has 0 aromatic carbocycles. The third kappa shape index (κ3) is 1.86. The minimum Gasteiger partial charge on any atom is -0.389 e. The molecule has 1 nitrogen and oxygen atoms in total. The van der Waals surface area contributed by atoms with Gasteiger partial charge >= 0.3 is 0 Å². The van der Waals surface area contributed by atoms with Gasteiger partial charge < -0.3 is 5.11 Å². The molecular weight excluding hydrogens is 196 g/mol. The van der Waals surface area contributed by atoms with Crippen LogP contribution in [0.1, 0.15) is 52.9 Å². The molecule has 0 heterocycles. The molecule has 2 aliphatic carbocycles. The van der Waals surface area contributed by atoms with E-state index in [1.807, 2.05) is 0 Å². The summed E-state index contributed by atoms with van der Waals surface area (Å²) in [4.78, 5) is 0. The monoisotopic (exact) mass is 220 g/mol. The molecular formula is C15H24O. The molecule has 1 fully saturated rings. The molecule has 1 N–H and O–H groups in total. The van der Waals surface area contributed by atoms with Crippen molar-refractivity contribution < 1.29 is 5.11 Å². The molecule has 0 aromatic rings. The van der Waals surface area contributed by atoms with Crippen LogP contribution < -0.4 is 0 Å². The summed E-state index contributed by atoms with van der Waals surface area (Å²) in [5, 5.41) is 9.98. The number of allylic oxidation sites excluding steroid dienone is 2. The van der Waals surface area contributed by atoms with Gasteiger partial charge in [0, 0.05) is 0 Å². The number of hydrogen-bond acceptors (Lipinski definition) is 1. The normalized spacial score (nSPS) is 39.5. The molecule has 16 heavy (non-hydrogen) atoms. The summed E-state index contributed by atoms with van der Waals surface area (Å²) in [6.07, 6.45) is 5.59. The fraction of sp³-hybridized carbons (Fsp3) is 0.733. The molecule has 0 radical (unpaired) electrons. The maximum absolute atomic E-state index is 9.98. The van der Waals surface area contributed by atoms with Crippen molar-refractivity contribution in [3.63, 3.8) is 0 Å². The first-order chi connectivity index (χ1) is 7.44. The molecule has 3 atom stereocenters. The fourth-order valence-electron chi connectivity index (χ4n) is 3.44. The minimum atomic E-state index is -0.188. The lowest BCUT2D eigenvalue weighted by atomic mass is 9.60. The van der Waals surface area contributed by atoms with E-state index in [1.165, 1.54) is 29.6 Å². The van der Waals surface area contributed by atoms with Gasteiger partial charge in [-0.1, -0.05) is 24.6 Å². The first-order valence-corrected chi connectivity index (χ1v) is 6.47. The van der Waals surface area contributed by atoms with Crippen LogP contribution in [0.2, 0.25) is 0 Å². The van der Waals surface area contributed by atoms with Crippen molar-refractivity contribution in [1.82, 2.24) is 0 Å². The lowest BCUT2D eigenvalue weighted by Gasteiger charge is -2.45. The van der Waals surface area contributed by atoms with Crippen molar-refractivity contribution in [2.24, 2.45) is 11.3 Å². The van der Waals surface area contributed by atoms with Gasteiger partial charge in [-0.15, -0.1) is 0 Å². The van der Waals surface area contributed by atoms with E-state index < -0.39 is 0 Å². The summed E-state index contributed by atoms with van der Waals surface area (Å²) >= 11 is 0. The minimum absolute atomic E-state index is 0.188. The van der Waals surface area contributed by atoms with Gasteiger partial charge in [-0.2, -0.15) is 0 Å². The summed E-state index contributed by atoms with van der Waals surface area (Å²) in [5.41, 5.74) is 4.46. The SMILES string of the molecule is C=C(C)[C@@H]1CC[C@@]2(C)CC[C@@H](O)C(C)=C2C1. The topological polar surface area (TPSA) is 20.2 Å². The molecule has 2 rings (SSSR count). The van der Waals surface area contributed by atoms with Crippen LogP contribution in [0.3, 0.4) is 0 Å². The van der Waals surface area contributed by atoms with E-state index >= 15 is 0 Å². The Balaban J connectivity index is 2.31. The van der Waals surface area contributed by atoms with Crippen LogP contribution in [0.15, 0.2) is 23.3 Å². The Kier molecular flexibility index (Phi) is 3.00. The summed E-state index contributed by atoms with van der Waals surface area (Å²) < 4.78 is 0. The van der Waals surface area contributed by atoms with Crippen molar-refractivity contribution in [1.29, 1.82) is 0 Å². The van der Waals surface area contributed by atoms with Crippen LogP contribution >= 0.6 is 0 Å². The average molecular weight is 220 g/mol. The second kappa shape index (κ2) is 4.03. The van der Waals surface area contributed by atoms with E-state index in [0.29, 0.717) is 11.3 Å². The van der Waals surface area contributed by atoms with Crippen LogP contribution in [0.25, 0.3) is 0 Å². The maximum Gasteiger partial charge on any atom is 0.0750 e. The largest absolute Gasteiger partial charge is 0.389 e. The molecule has 0 unspecified atom stereocenters. The lowest BCUT2D eigenvalue weighted by Crippen LogP contribution is -2.35. The van der Waals surface area contributed by atoms with Crippen LogP contribution in [-0.2, 0) is 0 Å². The Morgan fingerprint density at radius 3 is 2.62 bits per heavy atom. The highest BCUT2D eigenvalue weighted by atomic mass is 16.3. The van der Waals surface area contributed by atoms with Crippen LogP contribution in [0.4, 0.5) is 0 Å². The molecule has 90 valence electrons. The number of rotatable bonds is 1. The van der Waals surface area contributed by atoms with Gasteiger partial charge in [0.15, 0.2) is 0 Å². The fourth-order valence-corrected chi connectivity index (χ4v) is 3.44. The molecule has 0 aliphatic heterocycles. The van der Waals surface area contributed by atoms with E-state index in [9.17, 15) is 5.11 Å². The van der Waals surface area contributed by atoms with E-state index in [-0.39, 0.29) is 6.10 Å². The molecule has 0 bridgehead atoms. The molecule has 0 aromatic heterocycles. The van der Waals surface area contributed by atoms with Gasteiger partial charge in [-0.3, -0.25) is 0 Å². The third-order valence-corrected chi connectivity index (χ3v) is 4.87. The average Bonchev–Trinajstić information content (AvgIpc) is 2.24. The highest BCUT2D eigenvalue weighted by Gasteiger charge is 2.40. The van der Waals surface area contributed by atoms with E-state index in [4.69, 9.17) is 0 Å². The summed E-state index contributed by atoms with van der Waals surface area (Å²) in [7, 11) is 0. The third-order valence-electron chi connectivity index (χ3n) is 4.87. The van der Waals surface area contributed by atoms with Crippen molar-refractivity contribution in [3.8, 4) is 0 Å². The van der Waals surface area contributed by atoms with Crippen molar-refractivity contribution >= 4 is 0 Å². The lowest BCUT2D eigenvalue weighted by molar-refractivity contribution is 0.133. The summed E-state index contributed by atoms with van der Waals surface area (Å²) in [6, 6.07) is 0. The van der Waals surface area contributed by atoms with Crippen LogP contribution in [0, 0.1) is 11.3 Å². The Morgan fingerprint density at radius 1 is 1.38 bits per heavy atom. The second-order valence-corrected chi connectivity index (χ2v) is 6.06. The Hall–Kier alpha value is -0.560. The smallest absolute Gasteiger partial charge is 0.0750 e. The molecule has 1 saturated carbocycles. The number of aliphatic hydroxyl groups excluding tert-OH is 1. The van der Waals surface area contributed by atoms with Gasteiger partial charge in [0.2, 0.25) is 0 Å². The summed E-state index contributed by atoms with van der Waals surface area (Å²) in [5.74, 6) is 0.642. The first-order valence-electron chi connectivity index (χ1n) is 6.47. The van der Waals surface area contributed by atoms with Crippen LogP contribution in [-0.4, -0.2) is 11.2 Å². The number of aliphatic hydroxyl groups is 1. The molecule has 0 saturated heterocycles. The maximum atomic E-state index is 9.98. The zero-order chi connectivity index (χ0) is 11.9. The van der Waals surface area contributed by atoms with E-state index in [2.05, 4.69) is 27.4 Å². The second-order valence-electron chi connectivity index (χ2n) is 6.06. The quantitative estimate of drug-likeness (QED) is 0.666. The highest BCUT2D eigenvalue weighted by molar-refractivity contribution is 5.30. The van der Waals surface area contributed by atoms with Gasteiger partial charge in [0.05, 0.1) is 6.10 Å².